The van der Waals surface area contributed by atoms with Crippen molar-refractivity contribution in [1.82, 2.24) is 0 Å². The first kappa shape index (κ1) is 24.2. The minimum absolute atomic E-state index is 0.00422. The predicted octanol–water partition coefficient (Wildman–Crippen LogP) is 5.78. The zero-order valence-electron chi connectivity index (χ0n) is 18.4. The molecule has 0 saturated carbocycles. The van der Waals surface area contributed by atoms with Gasteiger partial charge in [-0.05, 0) is 55.5 Å². The minimum Gasteiger partial charge on any atom is -0.465 e. The van der Waals surface area contributed by atoms with Gasteiger partial charge in [0.05, 0.1) is 17.6 Å². The monoisotopic (exact) mass is 511 g/mol. The second kappa shape index (κ2) is 10.1. The van der Waals surface area contributed by atoms with Crippen molar-refractivity contribution in [2.24, 2.45) is 0 Å². The van der Waals surface area contributed by atoms with E-state index >= 15 is 0 Å². The summed E-state index contributed by atoms with van der Waals surface area (Å²) < 4.78 is 10.6. The second-order valence-corrected chi connectivity index (χ2v) is 9.17. The van der Waals surface area contributed by atoms with Crippen LogP contribution in [-0.2, 0) is 22.4 Å². The van der Waals surface area contributed by atoms with Crippen LogP contribution in [0.1, 0.15) is 39.4 Å². The number of amides is 1. The largest absolute Gasteiger partial charge is 0.465 e. The number of esters is 1. The van der Waals surface area contributed by atoms with Crippen molar-refractivity contribution in [3.8, 4) is 17.4 Å². The van der Waals surface area contributed by atoms with E-state index in [-0.39, 0.29) is 22.0 Å². The van der Waals surface area contributed by atoms with Gasteiger partial charge in [-0.25, -0.2) is 4.79 Å². The van der Waals surface area contributed by atoms with Crippen molar-refractivity contribution in [2.75, 3.05) is 12.4 Å². The number of methoxy groups -OCH3 is 1. The van der Waals surface area contributed by atoms with E-state index < -0.39 is 16.8 Å². The van der Waals surface area contributed by atoms with Crippen molar-refractivity contribution >= 4 is 51.6 Å². The highest BCUT2D eigenvalue weighted by Crippen LogP contribution is 2.39. The van der Waals surface area contributed by atoms with E-state index in [1.54, 1.807) is 12.1 Å². The molecule has 0 radical (unpaired) electrons. The van der Waals surface area contributed by atoms with Gasteiger partial charge in [-0.1, -0.05) is 11.6 Å². The topological polar surface area (TPSA) is 135 Å². The lowest BCUT2D eigenvalue weighted by Crippen LogP contribution is -2.16. The number of carbonyl (C=O) groups is 2. The number of halogens is 1. The van der Waals surface area contributed by atoms with Crippen LogP contribution in [0.25, 0.3) is 17.4 Å². The molecule has 1 aliphatic rings. The number of furan rings is 1. The molecule has 0 bridgehead atoms. The molecule has 0 spiro atoms. The van der Waals surface area contributed by atoms with Crippen LogP contribution in [0.5, 0.6) is 0 Å². The molecule has 1 aromatic carbocycles. The Labute approximate surface area is 208 Å². The summed E-state index contributed by atoms with van der Waals surface area (Å²) in [6.07, 6.45) is 4.75. The number of aryl methyl sites for hydroxylation is 1. The van der Waals surface area contributed by atoms with E-state index in [4.69, 9.17) is 20.8 Å². The number of anilines is 1. The third-order valence-corrected chi connectivity index (χ3v) is 7.02. The van der Waals surface area contributed by atoms with Gasteiger partial charge in [-0.3, -0.25) is 14.9 Å². The van der Waals surface area contributed by atoms with Crippen LogP contribution in [0.2, 0.25) is 5.02 Å². The first-order valence-electron chi connectivity index (χ1n) is 10.5. The highest BCUT2D eigenvalue weighted by Gasteiger charge is 2.27. The summed E-state index contributed by atoms with van der Waals surface area (Å²) in [4.78, 5) is 36.8. The van der Waals surface area contributed by atoms with E-state index in [2.05, 4.69) is 5.32 Å². The number of hydrogen-bond acceptors (Lipinski definition) is 8. The molecule has 0 aliphatic heterocycles. The number of nitrogens with zero attached hydrogens (tertiary/aromatic N) is 2. The van der Waals surface area contributed by atoms with Crippen LogP contribution in [0.4, 0.5) is 10.7 Å². The molecule has 1 N–H and O–H groups in total. The lowest BCUT2D eigenvalue weighted by atomic mass is 9.95. The van der Waals surface area contributed by atoms with Gasteiger partial charge in [0.15, 0.2) is 0 Å². The molecular formula is C24H18ClN3O6S. The first-order chi connectivity index (χ1) is 16.8. The van der Waals surface area contributed by atoms with Gasteiger partial charge >= 0.3 is 5.97 Å². The molecule has 35 heavy (non-hydrogen) atoms. The van der Waals surface area contributed by atoms with Crippen molar-refractivity contribution in [1.29, 1.82) is 5.26 Å². The zero-order chi connectivity index (χ0) is 25.1. The number of ether oxygens (including phenoxy) is 1. The number of fused-ring (bicyclic) bond motifs is 1. The maximum Gasteiger partial charge on any atom is 0.341 e. The fraction of sp³-hybridized carbons (Fsp3) is 0.208. The van der Waals surface area contributed by atoms with Crippen molar-refractivity contribution in [2.45, 2.75) is 25.7 Å². The Morgan fingerprint density at radius 2 is 2.06 bits per heavy atom. The SMILES string of the molecule is COC(=O)c1c(NC(=O)/C(C#N)=C/c2ccc(-c3ccc(Cl)c([N+](=O)[O-])c3)o2)sc2c1CCCC2. The average Bonchev–Trinajstić information content (AvgIpc) is 3.46. The molecule has 1 aliphatic carbocycles. The fourth-order valence-electron chi connectivity index (χ4n) is 3.82. The highest BCUT2D eigenvalue weighted by molar-refractivity contribution is 7.17. The summed E-state index contributed by atoms with van der Waals surface area (Å²) in [6.45, 7) is 0. The molecule has 0 unspecified atom stereocenters. The van der Waals surface area contributed by atoms with Gasteiger partial charge in [0.1, 0.15) is 33.2 Å². The summed E-state index contributed by atoms with van der Waals surface area (Å²) in [7, 11) is 1.28. The van der Waals surface area contributed by atoms with E-state index in [0.29, 0.717) is 21.9 Å². The third-order valence-electron chi connectivity index (χ3n) is 5.49. The van der Waals surface area contributed by atoms with E-state index in [9.17, 15) is 25.0 Å². The molecule has 0 fully saturated rings. The number of nitrogens with one attached hydrogen (secondary N) is 1. The summed E-state index contributed by atoms with van der Waals surface area (Å²) in [5, 5.41) is 23.7. The van der Waals surface area contributed by atoms with Crippen LogP contribution in [0.3, 0.4) is 0 Å². The normalized spacial score (nSPS) is 13.0. The average molecular weight is 512 g/mol. The molecule has 178 valence electrons. The van der Waals surface area contributed by atoms with Gasteiger partial charge in [-0.2, -0.15) is 5.26 Å². The summed E-state index contributed by atoms with van der Waals surface area (Å²) >= 11 is 7.17. The van der Waals surface area contributed by atoms with Gasteiger partial charge in [0.25, 0.3) is 11.6 Å². The first-order valence-corrected chi connectivity index (χ1v) is 11.7. The molecule has 0 atom stereocenters. The van der Waals surface area contributed by atoms with E-state index in [1.165, 1.54) is 42.7 Å². The van der Waals surface area contributed by atoms with Crippen LogP contribution in [-0.4, -0.2) is 23.9 Å². The second-order valence-electron chi connectivity index (χ2n) is 7.66. The van der Waals surface area contributed by atoms with Crippen LogP contribution in [0, 0.1) is 21.4 Å². The number of hydrogen-bond donors (Lipinski definition) is 1. The smallest absolute Gasteiger partial charge is 0.341 e. The van der Waals surface area contributed by atoms with Crippen molar-refractivity contribution in [3.05, 3.63) is 72.8 Å². The fourth-order valence-corrected chi connectivity index (χ4v) is 5.28. The lowest BCUT2D eigenvalue weighted by Gasteiger charge is -2.11. The van der Waals surface area contributed by atoms with Crippen molar-refractivity contribution in [3.63, 3.8) is 0 Å². The Hall–Kier alpha value is -3.94. The standard InChI is InChI=1S/C24H18ClN3O6S/c1-33-24(30)21-16-4-2-3-5-20(16)35-23(21)27-22(29)14(12-26)10-15-7-9-19(34-15)13-6-8-17(25)18(11-13)28(31)32/h6-11H,2-5H2,1H3,(H,27,29)/b14-10+. The molecule has 4 rings (SSSR count). The Kier molecular flexibility index (Phi) is 7.00. The Bertz CT molecular complexity index is 1410. The van der Waals surface area contributed by atoms with Crippen LogP contribution >= 0.6 is 22.9 Å². The Balaban J connectivity index is 1.60. The third kappa shape index (κ3) is 4.96. The van der Waals surface area contributed by atoms with E-state index in [0.717, 1.165) is 36.1 Å². The quantitative estimate of drug-likeness (QED) is 0.145. The molecule has 2 heterocycles. The summed E-state index contributed by atoms with van der Waals surface area (Å²) in [6, 6.07) is 9.17. The molecule has 1 amide bonds. The van der Waals surface area contributed by atoms with Gasteiger partial charge in [0.2, 0.25) is 0 Å². The maximum atomic E-state index is 12.9. The molecule has 3 aromatic rings. The van der Waals surface area contributed by atoms with Crippen LogP contribution < -0.4 is 5.32 Å². The maximum absolute atomic E-state index is 12.9. The molecule has 0 saturated heterocycles. The molecule has 11 heteroatoms. The summed E-state index contributed by atoms with van der Waals surface area (Å²) in [5.41, 5.74) is 1.13. The number of nitro groups is 1. The van der Waals surface area contributed by atoms with Crippen LogP contribution in [0.15, 0.2) is 40.3 Å². The van der Waals surface area contributed by atoms with Gasteiger partial charge in [0, 0.05) is 22.6 Å². The Morgan fingerprint density at radius 1 is 1.29 bits per heavy atom. The number of thiophene rings is 1. The number of rotatable bonds is 6. The van der Waals surface area contributed by atoms with E-state index in [1.807, 2.05) is 6.07 Å². The van der Waals surface area contributed by atoms with Crippen molar-refractivity contribution < 1.29 is 23.7 Å². The van der Waals surface area contributed by atoms with Gasteiger partial charge in [-0.15, -0.1) is 11.3 Å². The van der Waals surface area contributed by atoms with Gasteiger partial charge < -0.3 is 14.5 Å². The molecular weight excluding hydrogens is 494 g/mol. The highest BCUT2D eigenvalue weighted by atomic mass is 35.5. The molecule has 9 nitrogen and oxygen atoms in total. The predicted molar refractivity (Wildman–Crippen MR) is 130 cm³/mol. The minimum atomic E-state index is -0.698. The number of nitriles is 1. The lowest BCUT2D eigenvalue weighted by molar-refractivity contribution is -0.384. The molecule has 2 aromatic heterocycles. The number of benzene rings is 1. The number of carbonyl (C=O) groups excluding carboxylic acids is 2. The summed E-state index contributed by atoms with van der Waals surface area (Å²) in [5.74, 6) is -0.734. The Morgan fingerprint density at radius 3 is 2.77 bits per heavy atom. The number of nitro benzene ring substituents is 1. The zero-order valence-corrected chi connectivity index (χ0v) is 20.0.